The Bertz CT molecular complexity index is 637. The molecule has 0 radical (unpaired) electrons. The number of nitrogens with zero attached hydrogens (tertiary/aromatic N) is 1. The van der Waals surface area contributed by atoms with E-state index in [0.717, 1.165) is 11.3 Å². The summed E-state index contributed by atoms with van der Waals surface area (Å²) in [4.78, 5) is 3.77. The van der Waals surface area contributed by atoms with Gasteiger partial charge in [-0.3, -0.25) is 0 Å². The first kappa shape index (κ1) is 12.8. The molecule has 3 nitrogen and oxygen atoms in total. The highest BCUT2D eigenvalue weighted by molar-refractivity contribution is 7.92. The summed E-state index contributed by atoms with van der Waals surface area (Å²) >= 11 is 12.5. The molecule has 0 spiro atoms. The van der Waals surface area contributed by atoms with Gasteiger partial charge in [0.25, 0.3) is 0 Å². The largest absolute Gasteiger partial charge is 0.232 e. The Morgan fingerprint density at radius 1 is 1.24 bits per heavy atom. The van der Waals surface area contributed by atoms with Crippen LogP contribution in [0.2, 0.25) is 9.36 Å². The lowest BCUT2D eigenvalue weighted by atomic mass is 10.2. The molecule has 0 unspecified atom stereocenters. The molecule has 17 heavy (non-hydrogen) atoms. The van der Waals surface area contributed by atoms with Crippen LogP contribution in [0.5, 0.6) is 0 Å². The van der Waals surface area contributed by atoms with E-state index < -0.39 is 9.84 Å². The number of rotatable bonds is 3. The molecule has 90 valence electrons. The van der Waals surface area contributed by atoms with Gasteiger partial charge in [-0.2, -0.15) is 0 Å². The molecule has 1 aromatic heterocycles. The standard InChI is InChI=1S/C10H7Cl2NO2S2/c11-8-4-2-1-3-7(8)6-17(14,15)10-13-5-9(12)16-10/h1-5H,6H2. The predicted molar refractivity (Wildman–Crippen MR) is 69.5 cm³/mol. The van der Waals surface area contributed by atoms with Gasteiger partial charge in [0.2, 0.25) is 14.2 Å². The van der Waals surface area contributed by atoms with Gasteiger partial charge in [-0.25, -0.2) is 13.4 Å². The second-order valence-corrected chi connectivity index (χ2v) is 7.51. The first-order valence-corrected chi connectivity index (χ1v) is 7.79. The van der Waals surface area contributed by atoms with Gasteiger partial charge in [0.1, 0.15) is 4.34 Å². The SMILES string of the molecule is O=S(=O)(Cc1ccccc1Cl)c1ncc(Cl)s1. The number of hydrogen-bond acceptors (Lipinski definition) is 4. The zero-order valence-corrected chi connectivity index (χ0v) is 11.6. The second kappa shape index (κ2) is 4.94. The first-order chi connectivity index (χ1) is 7.99. The van der Waals surface area contributed by atoms with Gasteiger partial charge in [0, 0.05) is 5.02 Å². The van der Waals surface area contributed by atoms with Gasteiger partial charge in [-0.1, -0.05) is 52.7 Å². The minimum Gasteiger partial charge on any atom is -0.232 e. The van der Waals surface area contributed by atoms with Crippen molar-refractivity contribution in [2.45, 2.75) is 10.1 Å². The smallest absolute Gasteiger partial charge is 0.210 e. The third-order valence-electron chi connectivity index (χ3n) is 2.03. The minimum atomic E-state index is -3.48. The number of benzene rings is 1. The van der Waals surface area contributed by atoms with Gasteiger partial charge in [0.15, 0.2) is 0 Å². The quantitative estimate of drug-likeness (QED) is 0.873. The molecule has 0 saturated heterocycles. The highest BCUT2D eigenvalue weighted by atomic mass is 35.5. The van der Waals surface area contributed by atoms with Crippen molar-refractivity contribution in [3.05, 3.63) is 45.4 Å². The summed E-state index contributed by atoms with van der Waals surface area (Å²) in [6.07, 6.45) is 1.33. The van der Waals surface area contributed by atoms with Crippen molar-refractivity contribution in [2.75, 3.05) is 0 Å². The zero-order chi connectivity index (χ0) is 12.5. The number of sulfone groups is 1. The molecule has 1 heterocycles. The van der Waals surface area contributed by atoms with E-state index in [2.05, 4.69) is 4.98 Å². The van der Waals surface area contributed by atoms with Crippen molar-refractivity contribution in [3.63, 3.8) is 0 Å². The fourth-order valence-electron chi connectivity index (χ4n) is 1.27. The van der Waals surface area contributed by atoms with Crippen molar-refractivity contribution >= 4 is 44.4 Å². The third kappa shape index (κ3) is 2.98. The molecule has 0 bridgehead atoms. The lowest BCUT2D eigenvalue weighted by Gasteiger charge is -2.03. The van der Waals surface area contributed by atoms with Crippen LogP contribution in [0.25, 0.3) is 0 Å². The lowest BCUT2D eigenvalue weighted by molar-refractivity contribution is 0.594. The van der Waals surface area contributed by atoms with Crippen molar-refractivity contribution < 1.29 is 8.42 Å². The molecule has 7 heteroatoms. The van der Waals surface area contributed by atoms with E-state index in [1.54, 1.807) is 24.3 Å². The molecule has 2 aromatic rings. The van der Waals surface area contributed by atoms with Gasteiger partial charge in [-0.05, 0) is 11.6 Å². The van der Waals surface area contributed by atoms with Crippen molar-refractivity contribution in [2.24, 2.45) is 0 Å². The fraction of sp³-hybridized carbons (Fsp3) is 0.100. The van der Waals surface area contributed by atoms with Gasteiger partial charge in [0.05, 0.1) is 11.9 Å². The average molecular weight is 308 g/mol. The average Bonchev–Trinajstić information content (AvgIpc) is 2.69. The van der Waals surface area contributed by atoms with E-state index in [4.69, 9.17) is 23.2 Å². The van der Waals surface area contributed by atoms with Crippen LogP contribution in [0.1, 0.15) is 5.56 Å². The summed E-state index contributed by atoms with van der Waals surface area (Å²) in [5.41, 5.74) is 0.556. The maximum atomic E-state index is 12.0. The number of hydrogen-bond donors (Lipinski definition) is 0. The molecule has 0 aliphatic carbocycles. The van der Waals surface area contributed by atoms with E-state index in [-0.39, 0.29) is 10.1 Å². The summed E-state index contributed by atoms with van der Waals surface area (Å²) in [5, 5.41) is 0.429. The second-order valence-electron chi connectivity index (χ2n) is 3.28. The molecule has 0 aliphatic heterocycles. The van der Waals surface area contributed by atoms with Crippen molar-refractivity contribution in [1.29, 1.82) is 0 Å². The van der Waals surface area contributed by atoms with Crippen LogP contribution < -0.4 is 0 Å². The lowest BCUT2D eigenvalue weighted by Crippen LogP contribution is -2.04. The van der Waals surface area contributed by atoms with Crippen LogP contribution >= 0.6 is 34.5 Å². The molecule has 2 rings (SSSR count). The molecular formula is C10H7Cl2NO2S2. The van der Waals surface area contributed by atoms with E-state index >= 15 is 0 Å². The third-order valence-corrected chi connectivity index (χ3v) is 5.64. The Labute approximate surface area is 113 Å². The van der Waals surface area contributed by atoms with E-state index in [0.29, 0.717) is 14.9 Å². The Morgan fingerprint density at radius 2 is 1.94 bits per heavy atom. The zero-order valence-electron chi connectivity index (χ0n) is 8.43. The van der Waals surface area contributed by atoms with Crippen LogP contribution in [-0.2, 0) is 15.6 Å². The van der Waals surface area contributed by atoms with Crippen LogP contribution in [0.4, 0.5) is 0 Å². The van der Waals surface area contributed by atoms with Crippen LogP contribution in [0, 0.1) is 0 Å². The van der Waals surface area contributed by atoms with Gasteiger partial charge < -0.3 is 0 Å². The molecule has 0 atom stereocenters. The van der Waals surface area contributed by atoms with E-state index in [1.165, 1.54) is 6.20 Å². The number of aromatic nitrogens is 1. The Morgan fingerprint density at radius 3 is 2.53 bits per heavy atom. The Hall–Kier alpha value is -0.620. The first-order valence-electron chi connectivity index (χ1n) is 4.56. The monoisotopic (exact) mass is 307 g/mol. The number of halogens is 2. The molecule has 0 N–H and O–H groups in total. The topological polar surface area (TPSA) is 47.0 Å². The predicted octanol–water partition coefficient (Wildman–Crippen LogP) is 3.42. The fourth-order valence-corrected chi connectivity index (χ4v) is 4.28. The molecular weight excluding hydrogens is 301 g/mol. The number of thiazole rings is 1. The van der Waals surface area contributed by atoms with Crippen LogP contribution in [0.3, 0.4) is 0 Å². The van der Waals surface area contributed by atoms with Crippen LogP contribution in [0.15, 0.2) is 34.8 Å². The summed E-state index contributed by atoms with van der Waals surface area (Å²) in [5.74, 6) is -0.170. The Balaban J connectivity index is 2.33. The molecule has 0 saturated carbocycles. The summed E-state index contributed by atoms with van der Waals surface area (Å²) in [6, 6.07) is 6.82. The highest BCUT2D eigenvalue weighted by Gasteiger charge is 2.20. The molecule has 0 fully saturated rings. The van der Waals surface area contributed by atoms with Crippen molar-refractivity contribution in [3.8, 4) is 0 Å². The van der Waals surface area contributed by atoms with E-state index in [1.807, 2.05) is 0 Å². The summed E-state index contributed by atoms with van der Waals surface area (Å²) < 4.78 is 24.4. The highest BCUT2D eigenvalue weighted by Crippen LogP contribution is 2.27. The maximum absolute atomic E-state index is 12.0. The molecule has 0 amide bonds. The van der Waals surface area contributed by atoms with Gasteiger partial charge in [-0.15, -0.1) is 0 Å². The Kier molecular flexibility index (Phi) is 3.73. The van der Waals surface area contributed by atoms with Crippen LogP contribution in [-0.4, -0.2) is 13.4 Å². The molecule has 0 aliphatic rings. The normalized spacial score (nSPS) is 11.6. The summed E-state index contributed by atoms with van der Waals surface area (Å²) in [6.45, 7) is 0. The van der Waals surface area contributed by atoms with Crippen molar-refractivity contribution in [1.82, 2.24) is 4.98 Å². The molecule has 1 aromatic carbocycles. The maximum Gasteiger partial charge on any atom is 0.210 e. The van der Waals surface area contributed by atoms with Gasteiger partial charge >= 0.3 is 0 Å². The van der Waals surface area contributed by atoms with E-state index in [9.17, 15) is 8.42 Å². The minimum absolute atomic E-state index is 0.0161. The summed E-state index contributed by atoms with van der Waals surface area (Å²) in [7, 11) is -3.48.